The summed E-state index contributed by atoms with van der Waals surface area (Å²) in [6, 6.07) is 7.41. The summed E-state index contributed by atoms with van der Waals surface area (Å²) >= 11 is 0. The zero-order valence-electron chi connectivity index (χ0n) is 16.9. The molecular formula is C22H25N5O3. The number of amides is 3. The van der Waals surface area contributed by atoms with Gasteiger partial charge in [-0.3, -0.25) is 14.4 Å². The third-order valence-corrected chi connectivity index (χ3v) is 5.74. The van der Waals surface area contributed by atoms with Crippen molar-refractivity contribution in [2.45, 2.75) is 45.1 Å². The molecular weight excluding hydrogens is 382 g/mol. The van der Waals surface area contributed by atoms with Gasteiger partial charge >= 0.3 is 11.8 Å². The molecule has 4 N–H and O–H groups in total. The van der Waals surface area contributed by atoms with Gasteiger partial charge in [0.1, 0.15) is 5.82 Å². The third kappa shape index (κ3) is 3.98. The lowest BCUT2D eigenvalue weighted by Crippen LogP contribution is -2.44. The van der Waals surface area contributed by atoms with Crippen LogP contribution in [-0.4, -0.2) is 34.2 Å². The molecule has 1 fully saturated rings. The fourth-order valence-electron chi connectivity index (χ4n) is 4.10. The zero-order valence-corrected chi connectivity index (χ0v) is 16.9. The van der Waals surface area contributed by atoms with Gasteiger partial charge in [-0.15, -0.1) is 0 Å². The first-order chi connectivity index (χ1) is 14.4. The number of hydrogen-bond acceptors (Lipinski definition) is 5. The van der Waals surface area contributed by atoms with E-state index in [2.05, 4.69) is 21.7 Å². The smallest absolute Gasteiger partial charge is 0.313 e. The van der Waals surface area contributed by atoms with E-state index in [0.29, 0.717) is 30.9 Å². The fourth-order valence-corrected chi connectivity index (χ4v) is 4.10. The van der Waals surface area contributed by atoms with Crippen LogP contribution < -0.4 is 16.4 Å². The van der Waals surface area contributed by atoms with Crippen LogP contribution in [0, 0.1) is 6.92 Å². The van der Waals surface area contributed by atoms with Crippen molar-refractivity contribution < 1.29 is 14.4 Å². The molecule has 3 amide bonds. The van der Waals surface area contributed by atoms with Gasteiger partial charge in [0, 0.05) is 18.7 Å². The first-order valence-corrected chi connectivity index (χ1v) is 10.2. The number of benzene rings is 1. The Bertz CT molecular complexity index is 1020. The Morgan fingerprint density at radius 2 is 2.07 bits per heavy atom. The molecule has 30 heavy (non-hydrogen) atoms. The predicted molar refractivity (Wildman–Crippen MR) is 114 cm³/mol. The summed E-state index contributed by atoms with van der Waals surface area (Å²) in [6.07, 6.45) is 5.23. The number of anilines is 3. The van der Waals surface area contributed by atoms with E-state index in [-0.39, 0.29) is 11.9 Å². The lowest BCUT2D eigenvalue weighted by atomic mass is 9.91. The normalized spacial score (nSPS) is 18.4. The highest BCUT2D eigenvalue weighted by atomic mass is 16.2. The molecule has 2 aliphatic rings. The maximum Gasteiger partial charge on any atom is 0.313 e. The molecule has 1 aromatic carbocycles. The predicted octanol–water partition coefficient (Wildman–Crippen LogP) is 2.55. The number of piperidine rings is 1. The number of nitrogens with two attached hydrogens (primary N) is 1. The summed E-state index contributed by atoms with van der Waals surface area (Å²) in [7, 11) is 0. The number of rotatable bonds is 2. The van der Waals surface area contributed by atoms with Gasteiger partial charge in [-0.2, -0.15) is 0 Å². The van der Waals surface area contributed by atoms with Gasteiger partial charge in [0.15, 0.2) is 0 Å². The monoisotopic (exact) mass is 407 g/mol. The number of carbonyl (C=O) groups excluding carboxylic acids is 3. The number of nitrogens with one attached hydrogen (secondary N) is 2. The average molecular weight is 407 g/mol. The second-order valence-electron chi connectivity index (χ2n) is 7.86. The molecule has 1 saturated heterocycles. The quantitative estimate of drug-likeness (QED) is 0.662. The summed E-state index contributed by atoms with van der Waals surface area (Å²) in [5.74, 6) is -0.828. The number of aryl methyl sites for hydroxylation is 2. The minimum absolute atomic E-state index is 0.0220. The van der Waals surface area contributed by atoms with Crippen molar-refractivity contribution in [2.75, 3.05) is 22.9 Å². The standard InChI is InChI=1S/C22H25N5O3/c1-13-10-16(12-24-20(13)23)25-21(29)22(30)27-9-3-2-4-18(27)15-5-7-17-14(11-15)6-8-19(28)26-17/h5,7,10-12,18H,2-4,6,8-9H2,1H3,(H2,23,24)(H,25,29)(H,26,28)/t18-/m0/s1. The van der Waals surface area contributed by atoms with E-state index < -0.39 is 11.8 Å². The fraction of sp³-hybridized carbons (Fsp3) is 0.364. The summed E-state index contributed by atoms with van der Waals surface area (Å²) in [6.45, 7) is 2.32. The number of carbonyl (C=O) groups is 3. The van der Waals surface area contributed by atoms with Crippen molar-refractivity contribution >= 4 is 34.9 Å². The molecule has 2 aromatic rings. The molecule has 0 bridgehead atoms. The van der Waals surface area contributed by atoms with Crippen molar-refractivity contribution in [1.82, 2.24) is 9.88 Å². The molecule has 0 unspecified atom stereocenters. The molecule has 0 aliphatic carbocycles. The van der Waals surface area contributed by atoms with Crippen LogP contribution in [0.5, 0.6) is 0 Å². The van der Waals surface area contributed by atoms with Crippen molar-refractivity contribution in [2.24, 2.45) is 0 Å². The van der Waals surface area contributed by atoms with Gasteiger partial charge in [-0.1, -0.05) is 12.1 Å². The van der Waals surface area contributed by atoms with Crippen LogP contribution in [0.25, 0.3) is 0 Å². The van der Waals surface area contributed by atoms with E-state index in [1.165, 1.54) is 6.20 Å². The van der Waals surface area contributed by atoms with E-state index in [0.717, 1.165) is 41.6 Å². The summed E-state index contributed by atoms with van der Waals surface area (Å²) in [5, 5.41) is 5.52. The van der Waals surface area contributed by atoms with Crippen LogP contribution in [0.4, 0.5) is 17.2 Å². The third-order valence-electron chi connectivity index (χ3n) is 5.74. The Labute approximate surface area is 174 Å². The van der Waals surface area contributed by atoms with Crippen molar-refractivity contribution in [3.63, 3.8) is 0 Å². The molecule has 3 heterocycles. The average Bonchev–Trinajstić information content (AvgIpc) is 2.75. The molecule has 2 aliphatic heterocycles. The van der Waals surface area contributed by atoms with Crippen molar-refractivity contribution in [1.29, 1.82) is 0 Å². The number of likely N-dealkylation sites (tertiary alicyclic amines) is 1. The zero-order chi connectivity index (χ0) is 21.3. The van der Waals surface area contributed by atoms with Crippen LogP contribution in [-0.2, 0) is 20.8 Å². The summed E-state index contributed by atoms with van der Waals surface area (Å²) in [4.78, 5) is 42.9. The minimum atomic E-state index is -0.682. The highest BCUT2D eigenvalue weighted by molar-refractivity contribution is 6.39. The Kier molecular flexibility index (Phi) is 5.39. The Morgan fingerprint density at radius 1 is 1.23 bits per heavy atom. The second kappa shape index (κ2) is 8.14. The first-order valence-electron chi connectivity index (χ1n) is 10.2. The van der Waals surface area contributed by atoms with E-state index in [4.69, 9.17) is 5.73 Å². The lowest BCUT2D eigenvalue weighted by Gasteiger charge is -2.36. The number of nitrogens with zero attached hydrogens (tertiary/aromatic N) is 2. The summed E-state index contributed by atoms with van der Waals surface area (Å²) in [5.41, 5.74) is 9.78. The van der Waals surface area contributed by atoms with Crippen LogP contribution >= 0.6 is 0 Å². The molecule has 8 nitrogen and oxygen atoms in total. The van der Waals surface area contributed by atoms with Crippen LogP contribution in [0.1, 0.15) is 48.4 Å². The number of aromatic nitrogens is 1. The molecule has 1 atom stereocenters. The Balaban J connectivity index is 1.53. The second-order valence-corrected chi connectivity index (χ2v) is 7.86. The van der Waals surface area contributed by atoms with Gasteiger partial charge < -0.3 is 21.3 Å². The molecule has 1 aromatic heterocycles. The molecule has 0 saturated carbocycles. The van der Waals surface area contributed by atoms with Gasteiger partial charge in [0.05, 0.1) is 17.9 Å². The van der Waals surface area contributed by atoms with E-state index in [1.54, 1.807) is 17.9 Å². The number of nitrogen functional groups attached to an aromatic ring is 1. The number of fused-ring (bicyclic) bond motifs is 1. The maximum atomic E-state index is 13.0. The minimum Gasteiger partial charge on any atom is -0.383 e. The van der Waals surface area contributed by atoms with E-state index >= 15 is 0 Å². The van der Waals surface area contributed by atoms with Crippen molar-refractivity contribution in [3.8, 4) is 0 Å². The Hall–Kier alpha value is -3.42. The van der Waals surface area contributed by atoms with E-state index in [9.17, 15) is 14.4 Å². The molecule has 156 valence electrons. The highest BCUT2D eigenvalue weighted by Gasteiger charge is 2.32. The largest absolute Gasteiger partial charge is 0.383 e. The van der Waals surface area contributed by atoms with Crippen LogP contribution in [0.3, 0.4) is 0 Å². The summed E-state index contributed by atoms with van der Waals surface area (Å²) < 4.78 is 0. The Morgan fingerprint density at radius 3 is 2.87 bits per heavy atom. The topological polar surface area (TPSA) is 117 Å². The lowest BCUT2D eigenvalue weighted by molar-refractivity contribution is -0.145. The van der Waals surface area contributed by atoms with Gasteiger partial charge in [0.2, 0.25) is 5.91 Å². The number of pyridine rings is 1. The van der Waals surface area contributed by atoms with E-state index in [1.807, 2.05) is 12.1 Å². The van der Waals surface area contributed by atoms with Crippen LogP contribution in [0.2, 0.25) is 0 Å². The first kappa shape index (κ1) is 19.9. The van der Waals surface area contributed by atoms with Gasteiger partial charge in [0.25, 0.3) is 0 Å². The SMILES string of the molecule is Cc1cc(NC(=O)C(=O)N2CCCC[C@H]2c2ccc3c(c2)CCC(=O)N3)cnc1N. The molecule has 0 spiro atoms. The maximum absolute atomic E-state index is 13.0. The molecule has 8 heteroatoms. The van der Waals surface area contributed by atoms with Crippen LogP contribution in [0.15, 0.2) is 30.5 Å². The molecule has 0 radical (unpaired) electrons. The van der Waals surface area contributed by atoms with Crippen molar-refractivity contribution in [3.05, 3.63) is 47.2 Å². The van der Waals surface area contributed by atoms with Gasteiger partial charge in [-0.25, -0.2) is 4.98 Å². The number of hydrogen-bond donors (Lipinski definition) is 3. The van der Waals surface area contributed by atoms with Gasteiger partial charge in [-0.05, 0) is 61.4 Å². The highest BCUT2D eigenvalue weighted by Crippen LogP contribution is 2.34. The molecule has 4 rings (SSSR count).